The Balaban J connectivity index is 0.00000147. The van der Waals surface area contributed by atoms with E-state index in [4.69, 9.17) is 0 Å². The Bertz CT molecular complexity index is 339. The zero-order valence-corrected chi connectivity index (χ0v) is 13.3. The Morgan fingerprint density at radius 3 is 2.85 bits per heavy atom. The number of carbonyl (C=O) groups excluding carboxylic acids is 1. The van der Waals surface area contributed by atoms with E-state index < -0.39 is 0 Å². The molecule has 20 heavy (non-hydrogen) atoms. The van der Waals surface area contributed by atoms with Crippen molar-refractivity contribution in [2.24, 2.45) is 5.92 Å². The van der Waals surface area contributed by atoms with E-state index in [0.29, 0.717) is 12.0 Å². The van der Waals surface area contributed by atoms with Crippen LogP contribution in [0.1, 0.15) is 45.4 Å². The number of amides is 1. The molecule has 2 N–H and O–H groups in total. The van der Waals surface area contributed by atoms with Crippen LogP contribution in [0, 0.1) is 5.92 Å². The van der Waals surface area contributed by atoms with Crippen molar-refractivity contribution < 1.29 is 4.79 Å². The smallest absolute Gasteiger partial charge is 0.237 e. The van der Waals surface area contributed by atoms with Gasteiger partial charge in [0.25, 0.3) is 0 Å². The fourth-order valence-electron chi connectivity index (χ4n) is 3.96. The van der Waals surface area contributed by atoms with E-state index in [1.807, 2.05) is 0 Å². The minimum absolute atomic E-state index is 0. The molecule has 0 spiro atoms. The van der Waals surface area contributed by atoms with E-state index in [9.17, 15) is 4.79 Å². The number of fused-ring (bicyclic) bond motifs is 1. The van der Waals surface area contributed by atoms with E-state index in [0.717, 1.165) is 31.8 Å². The molecule has 3 heterocycles. The van der Waals surface area contributed by atoms with Crippen molar-refractivity contribution in [3.8, 4) is 0 Å². The van der Waals surface area contributed by atoms with Crippen molar-refractivity contribution >= 4 is 18.3 Å². The highest BCUT2D eigenvalue weighted by molar-refractivity contribution is 5.85. The molecular formula is C15H28ClN3O. The zero-order valence-electron chi connectivity index (χ0n) is 12.4. The summed E-state index contributed by atoms with van der Waals surface area (Å²) in [6.07, 6.45) is 7.15. The molecule has 4 atom stereocenters. The van der Waals surface area contributed by atoms with Crippen LogP contribution in [-0.4, -0.2) is 48.6 Å². The summed E-state index contributed by atoms with van der Waals surface area (Å²) in [4.78, 5) is 14.9. The molecule has 5 heteroatoms. The first-order valence-corrected chi connectivity index (χ1v) is 8.00. The number of hydrogen-bond donors (Lipinski definition) is 2. The molecule has 4 unspecified atom stereocenters. The summed E-state index contributed by atoms with van der Waals surface area (Å²) in [6.45, 7) is 5.68. The van der Waals surface area contributed by atoms with Gasteiger partial charge in [0.05, 0.1) is 6.04 Å². The molecule has 3 rings (SSSR count). The monoisotopic (exact) mass is 301 g/mol. The first-order chi connectivity index (χ1) is 9.22. The number of rotatable bonds is 2. The van der Waals surface area contributed by atoms with Gasteiger partial charge in [-0.2, -0.15) is 0 Å². The van der Waals surface area contributed by atoms with Gasteiger partial charge in [-0.25, -0.2) is 0 Å². The van der Waals surface area contributed by atoms with Crippen LogP contribution in [0.2, 0.25) is 0 Å². The number of hydrogen-bond acceptors (Lipinski definition) is 3. The molecule has 3 saturated heterocycles. The Hall–Kier alpha value is -0.320. The predicted molar refractivity (Wildman–Crippen MR) is 83.2 cm³/mol. The van der Waals surface area contributed by atoms with Gasteiger partial charge >= 0.3 is 0 Å². The molecule has 3 fully saturated rings. The number of carbonyl (C=O) groups is 1. The normalized spacial score (nSPS) is 37.9. The molecule has 0 aromatic rings. The van der Waals surface area contributed by atoms with Crippen LogP contribution in [0.25, 0.3) is 0 Å². The van der Waals surface area contributed by atoms with Gasteiger partial charge in [0.2, 0.25) is 5.91 Å². The maximum absolute atomic E-state index is 12.3. The molecule has 4 nitrogen and oxygen atoms in total. The molecule has 0 bridgehead atoms. The van der Waals surface area contributed by atoms with Gasteiger partial charge < -0.3 is 15.5 Å². The van der Waals surface area contributed by atoms with Gasteiger partial charge in [0, 0.05) is 18.6 Å². The number of nitrogens with one attached hydrogen (secondary N) is 2. The standard InChI is InChI=1S/C15H27N3O.ClH/c1-11-4-6-16-14(9-11)15(19)17-12-5-8-18-7-2-3-13(18)10-12;/h11-14,16H,2-10H2,1H3,(H,17,19);1H. The van der Waals surface area contributed by atoms with Gasteiger partial charge in [-0.05, 0) is 57.5 Å². The molecule has 0 aromatic carbocycles. The minimum Gasteiger partial charge on any atom is -0.352 e. The predicted octanol–water partition coefficient (Wildman–Crippen LogP) is 1.54. The quantitative estimate of drug-likeness (QED) is 0.813. The largest absolute Gasteiger partial charge is 0.352 e. The second kappa shape index (κ2) is 7.10. The fourth-order valence-corrected chi connectivity index (χ4v) is 3.96. The summed E-state index contributed by atoms with van der Waals surface area (Å²) in [5, 5.41) is 6.66. The highest BCUT2D eigenvalue weighted by atomic mass is 35.5. The van der Waals surface area contributed by atoms with Crippen molar-refractivity contribution in [1.82, 2.24) is 15.5 Å². The fraction of sp³-hybridized carbons (Fsp3) is 0.933. The maximum Gasteiger partial charge on any atom is 0.237 e. The van der Waals surface area contributed by atoms with Crippen LogP contribution in [0.15, 0.2) is 0 Å². The first-order valence-electron chi connectivity index (χ1n) is 8.00. The minimum atomic E-state index is 0. The van der Waals surface area contributed by atoms with Crippen molar-refractivity contribution in [2.45, 2.75) is 63.6 Å². The summed E-state index contributed by atoms with van der Waals surface area (Å²) in [5.74, 6) is 0.914. The third-order valence-corrected chi connectivity index (χ3v) is 5.15. The molecule has 3 aliphatic rings. The highest BCUT2D eigenvalue weighted by Gasteiger charge is 2.33. The van der Waals surface area contributed by atoms with Gasteiger partial charge in [-0.3, -0.25) is 4.79 Å². The summed E-state index contributed by atoms with van der Waals surface area (Å²) in [6, 6.07) is 1.19. The Morgan fingerprint density at radius 1 is 1.20 bits per heavy atom. The van der Waals surface area contributed by atoms with Crippen molar-refractivity contribution in [1.29, 1.82) is 0 Å². The van der Waals surface area contributed by atoms with Crippen LogP contribution in [0.3, 0.4) is 0 Å². The molecular weight excluding hydrogens is 274 g/mol. The third-order valence-electron chi connectivity index (χ3n) is 5.15. The molecule has 0 aliphatic carbocycles. The lowest BCUT2D eigenvalue weighted by Gasteiger charge is -2.36. The highest BCUT2D eigenvalue weighted by Crippen LogP contribution is 2.27. The van der Waals surface area contributed by atoms with E-state index in [2.05, 4.69) is 22.5 Å². The van der Waals surface area contributed by atoms with Crippen LogP contribution in [-0.2, 0) is 4.79 Å². The lowest BCUT2D eigenvalue weighted by Crippen LogP contribution is -2.54. The topological polar surface area (TPSA) is 44.4 Å². The summed E-state index contributed by atoms with van der Waals surface area (Å²) in [5.41, 5.74) is 0. The molecule has 0 saturated carbocycles. The van der Waals surface area contributed by atoms with Crippen molar-refractivity contribution in [3.63, 3.8) is 0 Å². The SMILES string of the molecule is CC1CCNC(C(=O)NC2CCN3CCCC3C2)C1.Cl. The lowest BCUT2D eigenvalue weighted by molar-refractivity contribution is -0.125. The maximum atomic E-state index is 12.3. The van der Waals surface area contributed by atoms with Crippen molar-refractivity contribution in [3.05, 3.63) is 0 Å². The molecule has 116 valence electrons. The summed E-state index contributed by atoms with van der Waals surface area (Å²) in [7, 11) is 0. The second-order valence-corrected chi connectivity index (χ2v) is 6.70. The summed E-state index contributed by atoms with van der Waals surface area (Å²) >= 11 is 0. The number of nitrogens with zero attached hydrogens (tertiary/aromatic N) is 1. The van der Waals surface area contributed by atoms with Crippen LogP contribution in [0.4, 0.5) is 0 Å². The van der Waals surface area contributed by atoms with E-state index in [1.165, 1.54) is 32.4 Å². The second-order valence-electron chi connectivity index (χ2n) is 6.70. The molecule has 0 aromatic heterocycles. The zero-order chi connectivity index (χ0) is 13.2. The van der Waals surface area contributed by atoms with Crippen molar-refractivity contribution in [2.75, 3.05) is 19.6 Å². The lowest BCUT2D eigenvalue weighted by atomic mass is 9.92. The molecule has 0 radical (unpaired) electrons. The summed E-state index contributed by atoms with van der Waals surface area (Å²) < 4.78 is 0. The first kappa shape index (κ1) is 16.1. The van der Waals surface area contributed by atoms with Gasteiger partial charge in [0.1, 0.15) is 0 Å². The molecule has 3 aliphatic heterocycles. The Labute approximate surface area is 128 Å². The third kappa shape index (κ3) is 3.66. The van der Waals surface area contributed by atoms with E-state index in [-0.39, 0.29) is 24.4 Å². The Morgan fingerprint density at radius 2 is 2.05 bits per heavy atom. The van der Waals surface area contributed by atoms with E-state index >= 15 is 0 Å². The van der Waals surface area contributed by atoms with Crippen LogP contribution < -0.4 is 10.6 Å². The van der Waals surface area contributed by atoms with Crippen LogP contribution >= 0.6 is 12.4 Å². The average molecular weight is 302 g/mol. The van der Waals surface area contributed by atoms with Crippen LogP contribution in [0.5, 0.6) is 0 Å². The Kier molecular flexibility index (Phi) is 5.70. The van der Waals surface area contributed by atoms with Gasteiger partial charge in [-0.15, -0.1) is 12.4 Å². The average Bonchev–Trinajstić information content (AvgIpc) is 2.86. The van der Waals surface area contributed by atoms with E-state index in [1.54, 1.807) is 0 Å². The van der Waals surface area contributed by atoms with Gasteiger partial charge in [-0.1, -0.05) is 6.92 Å². The number of halogens is 1. The van der Waals surface area contributed by atoms with Gasteiger partial charge in [0.15, 0.2) is 0 Å². The number of piperidine rings is 2. The molecule has 1 amide bonds.